The van der Waals surface area contributed by atoms with E-state index in [1.165, 1.54) is 38.5 Å². The molecule has 2 aromatic heterocycles. The van der Waals surface area contributed by atoms with Gasteiger partial charge in [-0.15, -0.1) is 10.2 Å². The van der Waals surface area contributed by atoms with Crippen molar-refractivity contribution in [1.82, 2.24) is 20.1 Å². The van der Waals surface area contributed by atoms with Gasteiger partial charge in [-0.1, -0.05) is 12.5 Å². The van der Waals surface area contributed by atoms with E-state index in [-0.39, 0.29) is 5.82 Å². The summed E-state index contributed by atoms with van der Waals surface area (Å²) in [6, 6.07) is 7.17. The van der Waals surface area contributed by atoms with Gasteiger partial charge in [0.2, 0.25) is 0 Å². The number of nitrogen functional groups attached to an aromatic ring is 1. The Kier molecular flexibility index (Phi) is 5.28. The number of aryl methyl sites for hydroxylation is 1. The molecular weight excluding hydrogens is 317 g/mol. The molecule has 3 heterocycles. The number of anilines is 1. The molecule has 6 heteroatoms. The van der Waals surface area contributed by atoms with E-state index in [0.29, 0.717) is 11.2 Å². The van der Waals surface area contributed by atoms with E-state index in [1.807, 2.05) is 19.1 Å². The number of benzene rings is 1. The smallest absolute Gasteiger partial charge is 0.148 e. The Morgan fingerprint density at radius 2 is 1.88 bits per heavy atom. The molecule has 3 aromatic rings. The van der Waals surface area contributed by atoms with Crippen molar-refractivity contribution in [1.29, 1.82) is 0 Å². The van der Waals surface area contributed by atoms with Crippen LogP contribution in [0.25, 0.3) is 22.2 Å². The number of aromatic nitrogens is 3. The van der Waals surface area contributed by atoms with E-state index in [4.69, 9.17) is 5.73 Å². The molecule has 0 atom stereocenters. The molecule has 1 saturated heterocycles. The maximum absolute atomic E-state index is 13.3. The van der Waals surface area contributed by atoms with Gasteiger partial charge in [-0.3, -0.25) is 0 Å². The van der Waals surface area contributed by atoms with Gasteiger partial charge in [0.1, 0.15) is 11.6 Å². The number of nitrogens with one attached hydrogen (secondary N) is 1. The lowest BCUT2D eigenvalue weighted by Gasteiger charge is -2.20. The van der Waals surface area contributed by atoms with Crippen molar-refractivity contribution in [3.63, 3.8) is 0 Å². The fourth-order valence-corrected chi connectivity index (χ4v) is 3.08. The van der Waals surface area contributed by atoms with Crippen LogP contribution in [-0.4, -0.2) is 40.2 Å². The Balaban J connectivity index is 0.000000219. The number of H-pyrrole nitrogens is 1. The summed E-state index contributed by atoms with van der Waals surface area (Å²) in [5.41, 5.74) is 8.88. The normalized spacial score (nSPS) is 15.0. The average Bonchev–Trinajstić information content (AvgIpc) is 2.97. The summed E-state index contributed by atoms with van der Waals surface area (Å²) >= 11 is 0. The standard InChI is InChI=1S/C13H11FN4.C6H13N/c1-7-4-12(15)17-18-13(7)8-2-3-9-10(14)6-16-11(9)5-8;1-7-5-3-2-4-6-7/h2-6,16H,1H3,(H2,15,17);2-6H2,1H3. The van der Waals surface area contributed by atoms with Crippen LogP contribution in [0.2, 0.25) is 0 Å². The molecule has 1 fully saturated rings. The van der Waals surface area contributed by atoms with Crippen molar-refractivity contribution in [3.8, 4) is 11.3 Å². The second-order valence-corrected chi connectivity index (χ2v) is 6.56. The summed E-state index contributed by atoms with van der Waals surface area (Å²) in [5, 5.41) is 8.49. The number of nitrogens with zero attached hydrogens (tertiary/aromatic N) is 3. The minimum absolute atomic E-state index is 0.253. The topological polar surface area (TPSA) is 70.8 Å². The Morgan fingerprint density at radius 1 is 1.12 bits per heavy atom. The van der Waals surface area contributed by atoms with Crippen molar-refractivity contribution in [2.24, 2.45) is 0 Å². The molecule has 1 aliphatic heterocycles. The minimum atomic E-state index is -0.253. The largest absolute Gasteiger partial charge is 0.382 e. The molecule has 1 aliphatic rings. The van der Waals surface area contributed by atoms with Gasteiger partial charge in [-0.2, -0.15) is 0 Å². The van der Waals surface area contributed by atoms with E-state index in [0.717, 1.165) is 22.3 Å². The molecule has 132 valence electrons. The third-order valence-electron chi connectivity index (χ3n) is 4.49. The summed E-state index contributed by atoms with van der Waals surface area (Å²) in [7, 11) is 2.19. The molecule has 0 spiro atoms. The van der Waals surface area contributed by atoms with Crippen LogP contribution >= 0.6 is 0 Å². The molecule has 0 saturated carbocycles. The molecule has 0 radical (unpaired) electrons. The van der Waals surface area contributed by atoms with Crippen LogP contribution < -0.4 is 5.73 Å². The molecule has 0 aliphatic carbocycles. The van der Waals surface area contributed by atoms with Crippen LogP contribution in [0.4, 0.5) is 10.2 Å². The highest BCUT2D eigenvalue weighted by atomic mass is 19.1. The first-order valence-electron chi connectivity index (χ1n) is 8.60. The van der Waals surface area contributed by atoms with E-state index >= 15 is 0 Å². The van der Waals surface area contributed by atoms with Crippen LogP contribution in [0.3, 0.4) is 0 Å². The maximum Gasteiger partial charge on any atom is 0.148 e. The zero-order valence-corrected chi connectivity index (χ0v) is 14.7. The molecule has 0 amide bonds. The fraction of sp³-hybridized carbons (Fsp3) is 0.368. The molecular formula is C19H24FN5. The first-order chi connectivity index (χ1) is 12.0. The molecule has 5 nitrogen and oxygen atoms in total. The van der Waals surface area contributed by atoms with Gasteiger partial charge in [-0.05, 0) is 63.7 Å². The quantitative estimate of drug-likeness (QED) is 0.707. The van der Waals surface area contributed by atoms with E-state index < -0.39 is 0 Å². The second-order valence-electron chi connectivity index (χ2n) is 6.56. The summed E-state index contributed by atoms with van der Waals surface area (Å²) in [4.78, 5) is 5.27. The van der Waals surface area contributed by atoms with Crippen molar-refractivity contribution in [3.05, 3.63) is 41.8 Å². The highest BCUT2D eigenvalue weighted by molar-refractivity contribution is 5.85. The van der Waals surface area contributed by atoms with Gasteiger partial charge in [0.15, 0.2) is 0 Å². The Hall–Kier alpha value is -2.47. The van der Waals surface area contributed by atoms with Gasteiger partial charge in [0, 0.05) is 22.7 Å². The van der Waals surface area contributed by atoms with Crippen molar-refractivity contribution in [2.75, 3.05) is 25.9 Å². The molecule has 0 unspecified atom stereocenters. The average molecular weight is 341 g/mol. The SMILES string of the molecule is CN1CCCCC1.Cc1cc(N)nnc1-c1ccc2c(F)c[nH]c2c1. The van der Waals surface area contributed by atoms with Crippen LogP contribution in [0, 0.1) is 12.7 Å². The van der Waals surface area contributed by atoms with Crippen molar-refractivity contribution < 1.29 is 4.39 Å². The molecule has 3 N–H and O–H groups in total. The van der Waals surface area contributed by atoms with Gasteiger partial charge in [-0.25, -0.2) is 4.39 Å². The number of likely N-dealkylation sites (tertiary alicyclic amines) is 1. The lowest BCUT2D eigenvalue weighted by Crippen LogP contribution is -2.24. The second kappa shape index (κ2) is 7.61. The number of hydrogen-bond acceptors (Lipinski definition) is 4. The minimum Gasteiger partial charge on any atom is -0.382 e. The predicted molar refractivity (Wildman–Crippen MR) is 99.8 cm³/mol. The fourth-order valence-electron chi connectivity index (χ4n) is 3.08. The van der Waals surface area contributed by atoms with Gasteiger partial charge < -0.3 is 15.6 Å². The van der Waals surface area contributed by atoms with Crippen molar-refractivity contribution in [2.45, 2.75) is 26.2 Å². The third-order valence-corrected chi connectivity index (χ3v) is 4.49. The van der Waals surface area contributed by atoms with E-state index in [2.05, 4.69) is 27.1 Å². The van der Waals surface area contributed by atoms with Crippen LogP contribution in [0.1, 0.15) is 24.8 Å². The monoisotopic (exact) mass is 341 g/mol. The first kappa shape index (κ1) is 17.4. The van der Waals surface area contributed by atoms with Crippen molar-refractivity contribution >= 4 is 16.7 Å². The summed E-state index contributed by atoms with van der Waals surface area (Å²) < 4.78 is 13.3. The number of halogens is 1. The van der Waals surface area contributed by atoms with E-state index in [9.17, 15) is 4.39 Å². The molecule has 1 aromatic carbocycles. The van der Waals surface area contributed by atoms with Crippen LogP contribution in [0.15, 0.2) is 30.5 Å². The molecule has 0 bridgehead atoms. The summed E-state index contributed by atoms with van der Waals surface area (Å²) in [6.07, 6.45) is 5.62. The molecule has 4 rings (SSSR count). The number of hydrogen-bond donors (Lipinski definition) is 2. The third kappa shape index (κ3) is 4.14. The van der Waals surface area contributed by atoms with E-state index in [1.54, 1.807) is 12.1 Å². The lowest BCUT2D eigenvalue weighted by molar-refractivity contribution is 0.277. The zero-order chi connectivity index (χ0) is 17.8. The number of piperidine rings is 1. The summed E-state index contributed by atoms with van der Waals surface area (Å²) in [6.45, 7) is 4.56. The van der Waals surface area contributed by atoms with Gasteiger partial charge >= 0.3 is 0 Å². The summed E-state index contributed by atoms with van der Waals surface area (Å²) in [5.74, 6) is 0.139. The molecule has 25 heavy (non-hydrogen) atoms. The Morgan fingerprint density at radius 3 is 2.52 bits per heavy atom. The first-order valence-corrected chi connectivity index (χ1v) is 8.60. The van der Waals surface area contributed by atoms with Crippen LogP contribution in [-0.2, 0) is 0 Å². The maximum atomic E-state index is 13.3. The highest BCUT2D eigenvalue weighted by Crippen LogP contribution is 2.26. The number of rotatable bonds is 1. The van der Waals surface area contributed by atoms with Gasteiger partial charge in [0.25, 0.3) is 0 Å². The highest BCUT2D eigenvalue weighted by Gasteiger charge is 2.08. The number of fused-ring (bicyclic) bond motifs is 1. The predicted octanol–water partition coefficient (Wildman–Crippen LogP) is 3.76. The number of aromatic amines is 1. The number of nitrogens with two attached hydrogens (primary N) is 1. The van der Waals surface area contributed by atoms with Crippen LogP contribution in [0.5, 0.6) is 0 Å². The Labute approximate surface area is 147 Å². The Bertz CT molecular complexity index is 852. The zero-order valence-electron chi connectivity index (χ0n) is 14.7. The van der Waals surface area contributed by atoms with Gasteiger partial charge in [0.05, 0.1) is 5.69 Å². The lowest BCUT2D eigenvalue weighted by atomic mass is 10.1.